The van der Waals surface area contributed by atoms with Crippen LogP contribution in [0.2, 0.25) is 5.02 Å². The molecule has 4 heteroatoms. The van der Waals surface area contributed by atoms with E-state index >= 15 is 0 Å². The Bertz CT molecular complexity index is 377. The monoisotopic (exact) mass is 241 g/mol. The van der Waals surface area contributed by atoms with Crippen LogP contribution < -0.4 is 4.74 Å². The minimum absolute atomic E-state index is 0.0553. The second-order valence-electron chi connectivity index (χ2n) is 3.80. The lowest BCUT2D eigenvalue weighted by atomic mass is 10.2. The van der Waals surface area contributed by atoms with E-state index in [4.69, 9.17) is 16.3 Å². The Morgan fingerprint density at radius 2 is 2.12 bits per heavy atom. The molecule has 0 atom stereocenters. The molecule has 1 amide bonds. The molecule has 0 aliphatic rings. The van der Waals surface area contributed by atoms with Gasteiger partial charge in [-0.2, -0.15) is 0 Å². The molecule has 0 spiro atoms. The Morgan fingerprint density at radius 3 is 2.75 bits per heavy atom. The van der Waals surface area contributed by atoms with E-state index in [0.29, 0.717) is 18.1 Å². The normalized spacial score (nSPS) is 10.0. The molecule has 1 aromatic rings. The predicted octanol–water partition coefficient (Wildman–Crippen LogP) is 2.51. The van der Waals surface area contributed by atoms with Gasteiger partial charge in [0.2, 0.25) is 5.91 Å². The summed E-state index contributed by atoms with van der Waals surface area (Å²) in [5, 5.41) is 0.638. The molecule has 0 fully saturated rings. The van der Waals surface area contributed by atoms with Gasteiger partial charge in [-0.25, -0.2) is 0 Å². The summed E-state index contributed by atoms with van der Waals surface area (Å²) >= 11 is 5.85. The van der Waals surface area contributed by atoms with E-state index in [2.05, 4.69) is 0 Å². The quantitative estimate of drug-likeness (QED) is 0.811. The summed E-state index contributed by atoms with van der Waals surface area (Å²) in [5.74, 6) is 0.790. The number of amides is 1. The molecule has 0 aliphatic heterocycles. The second kappa shape index (κ2) is 5.75. The largest absolute Gasteiger partial charge is 0.493 e. The third-order valence-corrected chi connectivity index (χ3v) is 2.46. The van der Waals surface area contributed by atoms with E-state index in [9.17, 15) is 4.79 Å². The highest BCUT2D eigenvalue weighted by Gasteiger charge is 2.05. The van der Waals surface area contributed by atoms with Gasteiger partial charge in [0.05, 0.1) is 13.0 Å². The number of ether oxygens (including phenoxy) is 1. The lowest BCUT2D eigenvalue weighted by Gasteiger charge is -2.12. The van der Waals surface area contributed by atoms with Gasteiger partial charge in [-0.15, -0.1) is 0 Å². The number of halogens is 1. The first-order valence-corrected chi connectivity index (χ1v) is 5.47. The Morgan fingerprint density at radius 1 is 1.44 bits per heavy atom. The van der Waals surface area contributed by atoms with Crippen molar-refractivity contribution in [3.05, 3.63) is 28.8 Å². The van der Waals surface area contributed by atoms with Crippen LogP contribution in [0.4, 0.5) is 0 Å². The molecule has 0 saturated carbocycles. The molecular weight excluding hydrogens is 226 g/mol. The van der Waals surface area contributed by atoms with Crippen LogP contribution in [0.1, 0.15) is 12.0 Å². The first-order valence-electron chi connectivity index (χ1n) is 5.10. The smallest absolute Gasteiger partial charge is 0.225 e. The molecule has 0 N–H and O–H groups in total. The van der Waals surface area contributed by atoms with Crippen molar-refractivity contribution in [2.45, 2.75) is 13.3 Å². The number of rotatable bonds is 4. The van der Waals surface area contributed by atoms with Gasteiger partial charge in [-0.05, 0) is 24.6 Å². The maximum absolute atomic E-state index is 11.3. The van der Waals surface area contributed by atoms with Crippen LogP contribution in [0.3, 0.4) is 0 Å². The lowest BCUT2D eigenvalue weighted by Crippen LogP contribution is -2.23. The van der Waals surface area contributed by atoms with Crippen LogP contribution in [-0.4, -0.2) is 31.5 Å². The molecule has 0 unspecified atom stereocenters. The topological polar surface area (TPSA) is 29.5 Å². The van der Waals surface area contributed by atoms with Crippen LogP contribution in [0.5, 0.6) is 5.75 Å². The summed E-state index contributed by atoms with van der Waals surface area (Å²) in [4.78, 5) is 12.9. The molecule has 1 aromatic carbocycles. The molecule has 3 nitrogen and oxygen atoms in total. The van der Waals surface area contributed by atoms with Gasteiger partial charge >= 0.3 is 0 Å². The van der Waals surface area contributed by atoms with Gasteiger partial charge in [0.1, 0.15) is 5.75 Å². The van der Waals surface area contributed by atoms with E-state index in [1.165, 1.54) is 0 Å². The summed E-state index contributed by atoms with van der Waals surface area (Å²) in [6, 6.07) is 5.47. The molecule has 1 rings (SSSR count). The standard InChI is InChI=1S/C12H16ClNO2/c1-9-4-5-10(13)8-11(9)16-7-6-12(15)14(2)3/h4-5,8H,6-7H2,1-3H3. The molecule has 0 radical (unpaired) electrons. The molecule has 16 heavy (non-hydrogen) atoms. The van der Waals surface area contributed by atoms with Crippen LogP contribution in [0.15, 0.2) is 18.2 Å². The minimum atomic E-state index is 0.0553. The highest BCUT2D eigenvalue weighted by atomic mass is 35.5. The summed E-state index contributed by atoms with van der Waals surface area (Å²) in [6.07, 6.45) is 0.374. The third kappa shape index (κ3) is 3.74. The van der Waals surface area contributed by atoms with Crippen molar-refractivity contribution in [3.63, 3.8) is 0 Å². The maximum Gasteiger partial charge on any atom is 0.225 e. The van der Waals surface area contributed by atoms with E-state index in [-0.39, 0.29) is 5.91 Å². The van der Waals surface area contributed by atoms with Crippen molar-refractivity contribution in [2.24, 2.45) is 0 Å². The van der Waals surface area contributed by atoms with Crippen molar-refractivity contribution in [3.8, 4) is 5.75 Å². The first kappa shape index (κ1) is 12.8. The third-order valence-electron chi connectivity index (χ3n) is 2.22. The van der Waals surface area contributed by atoms with Crippen molar-refractivity contribution in [1.29, 1.82) is 0 Å². The Balaban J connectivity index is 2.49. The van der Waals surface area contributed by atoms with E-state index in [1.807, 2.05) is 19.1 Å². The highest BCUT2D eigenvalue weighted by molar-refractivity contribution is 6.30. The van der Waals surface area contributed by atoms with Gasteiger partial charge in [-0.1, -0.05) is 17.7 Å². The van der Waals surface area contributed by atoms with Gasteiger partial charge in [0, 0.05) is 19.1 Å². The van der Waals surface area contributed by atoms with Gasteiger partial charge in [0.15, 0.2) is 0 Å². The van der Waals surface area contributed by atoms with Crippen LogP contribution in [0, 0.1) is 6.92 Å². The lowest BCUT2D eigenvalue weighted by molar-refractivity contribution is -0.129. The molecule has 0 aliphatic carbocycles. The zero-order valence-electron chi connectivity index (χ0n) is 9.79. The van der Waals surface area contributed by atoms with Crippen LogP contribution in [0.25, 0.3) is 0 Å². The first-order chi connectivity index (χ1) is 7.50. The Labute approximate surface area is 101 Å². The van der Waals surface area contributed by atoms with Gasteiger partial charge < -0.3 is 9.64 Å². The van der Waals surface area contributed by atoms with Crippen molar-refractivity contribution >= 4 is 17.5 Å². The summed E-state index contributed by atoms with van der Waals surface area (Å²) in [6.45, 7) is 2.32. The number of hydrogen-bond donors (Lipinski definition) is 0. The summed E-state index contributed by atoms with van der Waals surface area (Å²) < 4.78 is 5.51. The van der Waals surface area contributed by atoms with Crippen molar-refractivity contribution in [2.75, 3.05) is 20.7 Å². The van der Waals surface area contributed by atoms with Gasteiger partial charge in [-0.3, -0.25) is 4.79 Å². The SMILES string of the molecule is Cc1ccc(Cl)cc1OCCC(=O)N(C)C. The molecule has 0 aromatic heterocycles. The molecule has 88 valence electrons. The zero-order chi connectivity index (χ0) is 12.1. The summed E-state index contributed by atoms with van der Waals surface area (Å²) in [7, 11) is 3.46. The Kier molecular flexibility index (Phi) is 4.62. The predicted molar refractivity (Wildman–Crippen MR) is 65.0 cm³/mol. The Hall–Kier alpha value is -1.22. The number of nitrogens with zero attached hydrogens (tertiary/aromatic N) is 1. The number of benzene rings is 1. The maximum atomic E-state index is 11.3. The minimum Gasteiger partial charge on any atom is -0.493 e. The second-order valence-corrected chi connectivity index (χ2v) is 4.23. The highest BCUT2D eigenvalue weighted by Crippen LogP contribution is 2.22. The van der Waals surface area contributed by atoms with E-state index in [0.717, 1.165) is 11.3 Å². The molecule has 0 bridgehead atoms. The average Bonchev–Trinajstić information content (AvgIpc) is 2.22. The molecule has 0 heterocycles. The summed E-state index contributed by atoms with van der Waals surface area (Å²) in [5.41, 5.74) is 1.02. The average molecular weight is 242 g/mol. The number of hydrogen-bond acceptors (Lipinski definition) is 2. The zero-order valence-corrected chi connectivity index (χ0v) is 10.5. The van der Waals surface area contributed by atoms with Crippen molar-refractivity contribution < 1.29 is 9.53 Å². The van der Waals surface area contributed by atoms with E-state index in [1.54, 1.807) is 25.1 Å². The number of carbonyl (C=O) groups is 1. The number of carbonyl (C=O) groups excluding carboxylic acids is 1. The van der Waals surface area contributed by atoms with E-state index < -0.39 is 0 Å². The molecular formula is C12H16ClNO2. The van der Waals surface area contributed by atoms with Gasteiger partial charge in [0.25, 0.3) is 0 Å². The van der Waals surface area contributed by atoms with Crippen molar-refractivity contribution in [1.82, 2.24) is 4.90 Å². The fraction of sp³-hybridized carbons (Fsp3) is 0.417. The fourth-order valence-corrected chi connectivity index (χ4v) is 1.36. The number of aryl methyl sites for hydroxylation is 1. The van der Waals surface area contributed by atoms with Crippen LogP contribution in [-0.2, 0) is 4.79 Å². The fourth-order valence-electron chi connectivity index (χ4n) is 1.20. The van der Waals surface area contributed by atoms with Crippen LogP contribution >= 0.6 is 11.6 Å². The molecule has 0 saturated heterocycles.